The number of nitrogens with zero attached hydrogens (tertiary/aromatic N) is 1. The average molecular weight is 218 g/mol. The van der Waals surface area contributed by atoms with Crippen LogP contribution in [0.25, 0.3) is 0 Å². The maximum absolute atomic E-state index is 3.43. The van der Waals surface area contributed by atoms with E-state index in [1.807, 2.05) is 0 Å². The van der Waals surface area contributed by atoms with Gasteiger partial charge in [-0.1, -0.05) is 29.8 Å². The standard InChI is InChI=1S/C14H22N2/c1-12-3-5-14(6-4-12)7-9-16-10-8-15-11-13(16)2/h3-6,13,15H,7-11H2,1-2H3/t13-/m1/s1. The van der Waals surface area contributed by atoms with Crippen LogP contribution in [0.5, 0.6) is 0 Å². The summed E-state index contributed by atoms with van der Waals surface area (Å²) in [6.07, 6.45) is 1.17. The van der Waals surface area contributed by atoms with Crippen molar-refractivity contribution in [1.82, 2.24) is 10.2 Å². The van der Waals surface area contributed by atoms with Crippen LogP contribution in [0.2, 0.25) is 0 Å². The van der Waals surface area contributed by atoms with Gasteiger partial charge in [-0.3, -0.25) is 4.90 Å². The molecule has 1 saturated heterocycles. The molecule has 1 aliphatic rings. The Bertz CT molecular complexity index is 318. The Morgan fingerprint density at radius 3 is 2.75 bits per heavy atom. The predicted molar refractivity (Wildman–Crippen MR) is 68.8 cm³/mol. The summed E-state index contributed by atoms with van der Waals surface area (Å²) in [6.45, 7) is 9.09. The number of nitrogens with one attached hydrogen (secondary N) is 1. The lowest BCUT2D eigenvalue weighted by Gasteiger charge is -2.33. The van der Waals surface area contributed by atoms with Crippen LogP contribution in [0.15, 0.2) is 24.3 Å². The summed E-state index contributed by atoms with van der Waals surface area (Å²) >= 11 is 0. The molecule has 0 saturated carbocycles. The Morgan fingerprint density at radius 2 is 2.06 bits per heavy atom. The smallest absolute Gasteiger partial charge is 0.0193 e. The zero-order valence-corrected chi connectivity index (χ0v) is 10.4. The highest BCUT2D eigenvalue weighted by atomic mass is 15.2. The molecule has 1 atom stereocenters. The first-order valence-corrected chi connectivity index (χ1v) is 6.26. The highest BCUT2D eigenvalue weighted by Gasteiger charge is 2.16. The van der Waals surface area contributed by atoms with Crippen LogP contribution in [0.1, 0.15) is 18.1 Å². The normalized spacial score (nSPS) is 22.2. The van der Waals surface area contributed by atoms with Gasteiger partial charge in [-0.2, -0.15) is 0 Å². The lowest BCUT2D eigenvalue weighted by Crippen LogP contribution is -2.50. The summed E-state index contributed by atoms with van der Waals surface area (Å²) in [5.41, 5.74) is 2.80. The predicted octanol–water partition coefficient (Wildman–Crippen LogP) is 1.83. The van der Waals surface area contributed by atoms with E-state index in [4.69, 9.17) is 0 Å². The third kappa shape index (κ3) is 3.06. The maximum Gasteiger partial charge on any atom is 0.0193 e. The molecule has 88 valence electrons. The van der Waals surface area contributed by atoms with Gasteiger partial charge in [-0.05, 0) is 25.8 Å². The van der Waals surface area contributed by atoms with Crippen LogP contribution in [0, 0.1) is 6.92 Å². The number of piperazine rings is 1. The number of aryl methyl sites for hydroxylation is 1. The Balaban J connectivity index is 1.84. The second kappa shape index (κ2) is 5.46. The van der Waals surface area contributed by atoms with E-state index in [-0.39, 0.29) is 0 Å². The Morgan fingerprint density at radius 1 is 1.31 bits per heavy atom. The Kier molecular flexibility index (Phi) is 3.97. The molecule has 0 spiro atoms. The summed E-state index contributed by atoms with van der Waals surface area (Å²) in [7, 11) is 0. The van der Waals surface area contributed by atoms with Crippen molar-refractivity contribution in [2.45, 2.75) is 26.3 Å². The Labute approximate surface area is 98.7 Å². The molecule has 1 fully saturated rings. The molecule has 16 heavy (non-hydrogen) atoms. The first-order chi connectivity index (χ1) is 7.75. The second-order valence-electron chi connectivity index (χ2n) is 4.82. The number of benzene rings is 1. The van der Waals surface area contributed by atoms with Gasteiger partial charge in [0.25, 0.3) is 0 Å². The SMILES string of the molecule is Cc1ccc(CCN2CCNC[C@H]2C)cc1. The molecule has 0 radical (unpaired) electrons. The minimum absolute atomic E-state index is 0.680. The van der Waals surface area contributed by atoms with Gasteiger partial charge in [0.05, 0.1) is 0 Å². The van der Waals surface area contributed by atoms with Gasteiger partial charge in [-0.15, -0.1) is 0 Å². The molecule has 1 aromatic rings. The number of hydrogen-bond donors (Lipinski definition) is 1. The third-order valence-electron chi connectivity index (χ3n) is 3.45. The maximum atomic E-state index is 3.43. The average Bonchev–Trinajstić information content (AvgIpc) is 2.30. The zero-order valence-electron chi connectivity index (χ0n) is 10.4. The lowest BCUT2D eigenvalue weighted by molar-refractivity contribution is 0.176. The first-order valence-electron chi connectivity index (χ1n) is 6.26. The molecule has 0 unspecified atom stereocenters. The molecule has 0 bridgehead atoms. The minimum atomic E-state index is 0.680. The molecule has 2 rings (SSSR count). The molecule has 0 aromatic heterocycles. The Hall–Kier alpha value is -0.860. The van der Waals surface area contributed by atoms with E-state index in [1.54, 1.807) is 0 Å². The van der Waals surface area contributed by atoms with Gasteiger partial charge in [0.1, 0.15) is 0 Å². The summed E-state index contributed by atoms with van der Waals surface area (Å²) in [5.74, 6) is 0. The van der Waals surface area contributed by atoms with E-state index < -0.39 is 0 Å². The van der Waals surface area contributed by atoms with Gasteiger partial charge in [0.15, 0.2) is 0 Å². The molecule has 1 heterocycles. The van der Waals surface area contributed by atoms with Gasteiger partial charge in [-0.25, -0.2) is 0 Å². The lowest BCUT2D eigenvalue weighted by atomic mass is 10.1. The molecule has 2 nitrogen and oxygen atoms in total. The van der Waals surface area contributed by atoms with E-state index in [1.165, 1.54) is 30.6 Å². The quantitative estimate of drug-likeness (QED) is 0.832. The monoisotopic (exact) mass is 218 g/mol. The van der Waals surface area contributed by atoms with Crippen LogP contribution in [-0.2, 0) is 6.42 Å². The van der Waals surface area contributed by atoms with Crippen molar-refractivity contribution in [1.29, 1.82) is 0 Å². The van der Waals surface area contributed by atoms with Crippen molar-refractivity contribution in [2.75, 3.05) is 26.2 Å². The highest BCUT2D eigenvalue weighted by molar-refractivity contribution is 5.21. The minimum Gasteiger partial charge on any atom is -0.314 e. The van der Waals surface area contributed by atoms with Crippen molar-refractivity contribution >= 4 is 0 Å². The van der Waals surface area contributed by atoms with Gasteiger partial charge >= 0.3 is 0 Å². The molecule has 0 aliphatic carbocycles. The molecular formula is C14H22N2. The fraction of sp³-hybridized carbons (Fsp3) is 0.571. The highest BCUT2D eigenvalue weighted by Crippen LogP contribution is 2.07. The largest absolute Gasteiger partial charge is 0.314 e. The summed E-state index contributed by atoms with van der Waals surface area (Å²) in [5, 5.41) is 3.43. The second-order valence-corrected chi connectivity index (χ2v) is 4.82. The van der Waals surface area contributed by atoms with E-state index in [9.17, 15) is 0 Å². The number of hydrogen-bond acceptors (Lipinski definition) is 2. The third-order valence-corrected chi connectivity index (χ3v) is 3.45. The van der Waals surface area contributed by atoms with Gasteiger partial charge in [0.2, 0.25) is 0 Å². The van der Waals surface area contributed by atoms with E-state index >= 15 is 0 Å². The summed E-state index contributed by atoms with van der Waals surface area (Å²) in [4.78, 5) is 2.58. The molecule has 1 aromatic carbocycles. The topological polar surface area (TPSA) is 15.3 Å². The van der Waals surface area contributed by atoms with E-state index in [0.717, 1.165) is 13.1 Å². The van der Waals surface area contributed by atoms with Gasteiger partial charge < -0.3 is 5.32 Å². The summed E-state index contributed by atoms with van der Waals surface area (Å²) in [6, 6.07) is 9.59. The fourth-order valence-electron chi connectivity index (χ4n) is 2.24. The van der Waals surface area contributed by atoms with Gasteiger partial charge in [0, 0.05) is 32.2 Å². The van der Waals surface area contributed by atoms with E-state index in [2.05, 4.69) is 48.3 Å². The van der Waals surface area contributed by atoms with Crippen molar-refractivity contribution in [2.24, 2.45) is 0 Å². The van der Waals surface area contributed by atoms with Crippen molar-refractivity contribution in [3.63, 3.8) is 0 Å². The van der Waals surface area contributed by atoms with E-state index in [0.29, 0.717) is 6.04 Å². The van der Waals surface area contributed by atoms with Crippen LogP contribution >= 0.6 is 0 Å². The number of rotatable bonds is 3. The first kappa shape index (κ1) is 11.6. The molecule has 1 aliphatic heterocycles. The molecule has 0 amide bonds. The van der Waals surface area contributed by atoms with Crippen molar-refractivity contribution in [3.8, 4) is 0 Å². The zero-order chi connectivity index (χ0) is 11.4. The summed E-state index contributed by atoms with van der Waals surface area (Å²) < 4.78 is 0. The van der Waals surface area contributed by atoms with Crippen LogP contribution in [-0.4, -0.2) is 37.1 Å². The molecular weight excluding hydrogens is 196 g/mol. The molecule has 2 heteroatoms. The van der Waals surface area contributed by atoms with Crippen molar-refractivity contribution in [3.05, 3.63) is 35.4 Å². The van der Waals surface area contributed by atoms with Crippen LogP contribution in [0.3, 0.4) is 0 Å². The fourth-order valence-corrected chi connectivity index (χ4v) is 2.24. The van der Waals surface area contributed by atoms with Crippen molar-refractivity contribution < 1.29 is 0 Å². The van der Waals surface area contributed by atoms with Crippen LogP contribution < -0.4 is 5.32 Å². The molecule has 1 N–H and O–H groups in total. The van der Waals surface area contributed by atoms with Crippen LogP contribution in [0.4, 0.5) is 0 Å².